The van der Waals surface area contributed by atoms with Gasteiger partial charge in [0.1, 0.15) is 9.84 Å². The summed E-state index contributed by atoms with van der Waals surface area (Å²) in [5, 5.41) is 11.3. The van der Waals surface area contributed by atoms with Crippen molar-refractivity contribution in [3.63, 3.8) is 0 Å². The molecule has 0 aliphatic rings. The van der Waals surface area contributed by atoms with E-state index in [4.69, 9.17) is 5.11 Å². The summed E-state index contributed by atoms with van der Waals surface area (Å²) in [6.07, 6.45) is 12.3. The van der Waals surface area contributed by atoms with Crippen molar-refractivity contribution >= 4 is 21.7 Å². The zero-order valence-electron chi connectivity index (χ0n) is 15.8. The number of amides is 1. The maximum atomic E-state index is 11.6. The van der Waals surface area contributed by atoms with Gasteiger partial charge in [-0.05, 0) is 19.8 Å². The minimum atomic E-state index is -2.81. The Hall–Kier alpha value is -1.11. The standard InChI is InChI=1S/C18H35NO5S/c1-16(15-18(21)22)19-17(20)13-11-9-7-5-3-4-6-8-10-12-14-25(2,23)24/h16H,3-15H2,1-2H3,(H,19,20)(H,21,22). The third-order valence-electron chi connectivity index (χ3n) is 4.06. The van der Waals surface area contributed by atoms with Crippen LogP contribution in [0.1, 0.15) is 84.0 Å². The van der Waals surface area contributed by atoms with Crippen molar-refractivity contribution in [2.24, 2.45) is 0 Å². The van der Waals surface area contributed by atoms with Crippen molar-refractivity contribution in [2.75, 3.05) is 12.0 Å². The first kappa shape index (κ1) is 23.9. The van der Waals surface area contributed by atoms with Crippen molar-refractivity contribution in [2.45, 2.75) is 90.0 Å². The van der Waals surface area contributed by atoms with E-state index < -0.39 is 15.8 Å². The van der Waals surface area contributed by atoms with E-state index in [2.05, 4.69) is 5.32 Å². The van der Waals surface area contributed by atoms with Gasteiger partial charge in [0.2, 0.25) is 5.91 Å². The van der Waals surface area contributed by atoms with Gasteiger partial charge in [-0.3, -0.25) is 9.59 Å². The lowest BCUT2D eigenvalue weighted by Crippen LogP contribution is -2.33. The summed E-state index contributed by atoms with van der Waals surface area (Å²) in [5.74, 6) is -0.665. The molecule has 0 rings (SSSR count). The van der Waals surface area contributed by atoms with E-state index in [1.54, 1.807) is 6.92 Å². The Kier molecular flexibility index (Phi) is 13.5. The Balaban J connectivity index is 3.33. The molecule has 1 atom stereocenters. The SMILES string of the molecule is CC(CC(=O)O)NC(=O)CCCCCCCCCCCCS(C)(=O)=O. The molecule has 148 valence electrons. The molecule has 0 bridgehead atoms. The van der Waals surface area contributed by atoms with Crippen LogP contribution < -0.4 is 5.32 Å². The second-order valence-electron chi connectivity index (χ2n) is 6.98. The fourth-order valence-electron chi connectivity index (χ4n) is 2.72. The number of sulfone groups is 1. The number of rotatable bonds is 16. The number of carboxylic acid groups (broad SMARTS) is 1. The molecule has 6 nitrogen and oxygen atoms in total. The van der Waals surface area contributed by atoms with Crippen molar-refractivity contribution in [3.05, 3.63) is 0 Å². The quantitative estimate of drug-likeness (QED) is 0.402. The number of nitrogens with one attached hydrogen (secondary N) is 1. The normalized spacial score (nSPS) is 12.7. The first-order valence-corrected chi connectivity index (χ1v) is 11.5. The summed E-state index contributed by atoms with van der Waals surface area (Å²) in [7, 11) is -2.81. The van der Waals surface area contributed by atoms with E-state index in [9.17, 15) is 18.0 Å². The average molecular weight is 378 g/mol. The van der Waals surface area contributed by atoms with Crippen LogP contribution >= 0.6 is 0 Å². The van der Waals surface area contributed by atoms with Crippen LogP contribution in [0.4, 0.5) is 0 Å². The number of aliphatic carboxylic acids is 1. The molecule has 0 saturated carbocycles. The Morgan fingerprint density at radius 3 is 1.76 bits per heavy atom. The molecule has 0 aliphatic heterocycles. The van der Waals surface area contributed by atoms with Crippen LogP contribution in [0.5, 0.6) is 0 Å². The number of hydrogen-bond donors (Lipinski definition) is 2. The van der Waals surface area contributed by atoms with Crippen LogP contribution in [0, 0.1) is 0 Å². The molecular weight excluding hydrogens is 342 g/mol. The number of carboxylic acids is 1. The molecule has 7 heteroatoms. The van der Waals surface area contributed by atoms with Gasteiger partial charge < -0.3 is 10.4 Å². The van der Waals surface area contributed by atoms with Gasteiger partial charge in [-0.2, -0.15) is 0 Å². The largest absolute Gasteiger partial charge is 0.481 e. The topological polar surface area (TPSA) is 101 Å². The zero-order chi connectivity index (χ0) is 19.1. The van der Waals surface area contributed by atoms with Gasteiger partial charge in [0.15, 0.2) is 0 Å². The molecule has 25 heavy (non-hydrogen) atoms. The molecule has 1 unspecified atom stereocenters. The summed E-state index contributed by atoms with van der Waals surface area (Å²) in [5.41, 5.74) is 0. The highest BCUT2D eigenvalue weighted by atomic mass is 32.2. The molecule has 0 saturated heterocycles. The molecule has 0 aromatic carbocycles. The molecule has 0 aliphatic carbocycles. The van der Waals surface area contributed by atoms with Gasteiger partial charge in [-0.1, -0.05) is 51.4 Å². The minimum Gasteiger partial charge on any atom is -0.481 e. The van der Waals surface area contributed by atoms with Gasteiger partial charge in [0.25, 0.3) is 0 Å². The fourth-order valence-corrected chi connectivity index (χ4v) is 3.45. The second kappa shape index (κ2) is 14.1. The lowest BCUT2D eigenvalue weighted by molar-refractivity contribution is -0.137. The Morgan fingerprint density at radius 1 is 0.880 bits per heavy atom. The molecule has 1 amide bonds. The van der Waals surface area contributed by atoms with Gasteiger partial charge >= 0.3 is 5.97 Å². The summed E-state index contributed by atoms with van der Waals surface area (Å²) < 4.78 is 22.0. The smallest absolute Gasteiger partial charge is 0.305 e. The maximum absolute atomic E-state index is 11.6. The molecule has 0 aromatic rings. The molecule has 0 radical (unpaired) electrons. The molecular formula is C18H35NO5S. The number of unbranched alkanes of at least 4 members (excludes halogenated alkanes) is 9. The van der Waals surface area contributed by atoms with Crippen LogP contribution in [0.25, 0.3) is 0 Å². The van der Waals surface area contributed by atoms with E-state index in [-0.39, 0.29) is 18.4 Å². The molecule has 0 spiro atoms. The molecule has 2 N–H and O–H groups in total. The van der Waals surface area contributed by atoms with Crippen LogP contribution in [-0.4, -0.2) is 43.5 Å². The molecule has 0 heterocycles. The van der Waals surface area contributed by atoms with E-state index in [1.807, 2.05) is 0 Å². The highest BCUT2D eigenvalue weighted by molar-refractivity contribution is 7.90. The van der Waals surface area contributed by atoms with Gasteiger partial charge in [0, 0.05) is 24.5 Å². The maximum Gasteiger partial charge on any atom is 0.305 e. The Bertz CT molecular complexity index is 476. The average Bonchev–Trinajstić information content (AvgIpc) is 2.46. The van der Waals surface area contributed by atoms with E-state index >= 15 is 0 Å². The third kappa shape index (κ3) is 19.1. The number of carbonyl (C=O) groups excluding carboxylic acids is 1. The first-order valence-electron chi connectivity index (χ1n) is 9.39. The lowest BCUT2D eigenvalue weighted by Gasteiger charge is -2.11. The van der Waals surface area contributed by atoms with Gasteiger partial charge in [0.05, 0.1) is 6.42 Å². The van der Waals surface area contributed by atoms with E-state index in [1.165, 1.54) is 25.5 Å². The van der Waals surface area contributed by atoms with Gasteiger partial charge in [-0.15, -0.1) is 0 Å². The Labute approximate surface area is 152 Å². The van der Waals surface area contributed by atoms with Crippen molar-refractivity contribution < 1.29 is 23.1 Å². The predicted molar refractivity (Wildman–Crippen MR) is 100 cm³/mol. The fraction of sp³-hybridized carbons (Fsp3) is 0.889. The second-order valence-corrected chi connectivity index (χ2v) is 9.24. The van der Waals surface area contributed by atoms with E-state index in [0.29, 0.717) is 12.2 Å². The first-order chi connectivity index (χ1) is 11.7. The van der Waals surface area contributed by atoms with Gasteiger partial charge in [-0.25, -0.2) is 8.42 Å². The minimum absolute atomic E-state index is 0.0417. The highest BCUT2D eigenvalue weighted by Crippen LogP contribution is 2.11. The van der Waals surface area contributed by atoms with Crippen LogP contribution in [0.2, 0.25) is 0 Å². The highest BCUT2D eigenvalue weighted by Gasteiger charge is 2.10. The van der Waals surface area contributed by atoms with Crippen molar-refractivity contribution in [1.82, 2.24) is 5.32 Å². The number of hydrogen-bond acceptors (Lipinski definition) is 4. The van der Waals surface area contributed by atoms with E-state index in [0.717, 1.165) is 44.9 Å². The number of carbonyl (C=O) groups is 2. The summed E-state index contributed by atoms with van der Waals surface area (Å²) in [4.78, 5) is 22.1. The predicted octanol–water partition coefficient (Wildman–Crippen LogP) is 3.30. The van der Waals surface area contributed by atoms with Crippen molar-refractivity contribution in [1.29, 1.82) is 0 Å². The van der Waals surface area contributed by atoms with Crippen LogP contribution in [0.3, 0.4) is 0 Å². The third-order valence-corrected chi connectivity index (χ3v) is 5.09. The van der Waals surface area contributed by atoms with Crippen LogP contribution in [-0.2, 0) is 19.4 Å². The Morgan fingerprint density at radius 2 is 1.32 bits per heavy atom. The van der Waals surface area contributed by atoms with Crippen LogP contribution in [0.15, 0.2) is 0 Å². The summed E-state index contributed by atoms with van der Waals surface area (Å²) in [6, 6.07) is -0.317. The van der Waals surface area contributed by atoms with Crippen molar-refractivity contribution in [3.8, 4) is 0 Å². The summed E-state index contributed by atoms with van der Waals surface area (Å²) >= 11 is 0. The lowest BCUT2D eigenvalue weighted by atomic mass is 10.1. The summed E-state index contributed by atoms with van der Waals surface area (Å²) in [6.45, 7) is 1.70. The monoisotopic (exact) mass is 377 g/mol. The molecule has 0 fully saturated rings. The molecule has 0 aromatic heterocycles. The zero-order valence-corrected chi connectivity index (χ0v) is 16.6.